The van der Waals surface area contributed by atoms with Crippen LogP contribution in [0.15, 0.2) is 35.4 Å². The SMILES string of the molecule is COc1ccc(Cl)cc1S(=O)(=O)NCc1nccc(N(C)C)n1. The topological polar surface area (TPSA) is 84.4 Å². The van der Waals surface area contributed by atoms with E-state index in [0.29, 0.717) is 16.7 Å². The van der Waals surface area contributed by atoms with E-state index in [4.69, 9.17) is 16.3 Å². The summed E-state index contributed by atoms with van der Waals surface area (Å²) < 4.78 is 32.4. The maximum atomic E-state index is 12.4. The van der Waals surface area contributed by atoms with E-state index in [1.807, 2.05) is 14.1 Å². The zero-order valence-corrected chi connectivity index (χ0v) is 14.5. The van der Waals surface area contributed by atoms with Crippen LogP contribution in [0.5, 0.6) is 5.75 Å². The van der Waals surface area contributed by atoms with Crippen molar-refractivity contribution in [1.82, 2.24) is 14.7 Å². The summed E-state index contributed by atoms with van der Waals surface area (Å²) in [6.07, 6.45) is 1.58. The third-order valence-electron chi connectivity index (χ3n) is 2.98. The number of hydrogen-bond donors (Lipinski definition) is 1. The van der Waals surface area contributed by atoms with E-state index < -0.39 is 10.0 Å². The number of benzene rings is 1. The van der Waals surface area contributed by atoms with Gasteiger partial charge in [-0.15, -0.1) is 0 Å². The number of halogens is 1. The van der Waals surface area contributed by atoms with Crippen molar-refractivity contribution in [3.63, 3.8) is 0 Å². The van der Waals surface area contributed by atoms with Crippen molar-refractivity contribution >= 4 is 27.4 Å². The van der Waals surface area contributed by atoms with Crippen LogP contribution < -0.4 is 14.4 Å². The highest BCUT2D eigenvalue weighted by atomic mass is 35.5. The van der Waals surface area contributed by atoms with Crippen LogP contribution in [0.25, 0.3) is 0 Å². The predicted octanol–water partition coefficient (Wildman–Crippen LogP) is 1.68. The molecular formula is C14H17ClN4O3S. The van der Waals surface area contributed by atoms with Gasteiger partial charge in [-0.05, 0) is 24.3 Å². The number of hydrogen-bond acceptors (Lipinski definition) is 6. The van der Waals surface area contributed by atoms with Gasteiger partial charge in [-0.3, -0.25) is 0 Å². The number of nitrogens with one attached hydrogen (secondary N) is 1. The lowest BCUT2D eigenvalue weighted by molar-refractivity contribution is 0.402. The number of methoxy groups -OCH3 is 1. The van der Waals surface area contributed by atoms with Crippen molar-refractivity contribution in [3.05, 3.63) is 41.3 Å². The molecule has 0 saturated heterocycles. The maximum Gasteiger partial charge on any atom is 0.244 e. The zero-order chi connectivity index (χ0) is 17.0. The predicted molar refractivity (Wildman–Crippen MR) is 88.4 cm³/mol. The molecule has 0 radical (unpaired) electrons. The van der Waals surface area contributed by atoms with Crippen molar-refractivity contribution in [2.45, 2.75) is 11.4 Å². The average Bonchev–Trinajstić information content (AvgIpc) is 2.53. The van der Waals surface area contributed by atoms with E-state index in [1.54, 1.807) is 23.2 Å². The van der Waals surface area contributed by atoms with Gasteiger partial charge in [0.05, 0.1) is 13.7 Å². The Morgan fingerprint density at radius 1 is 1.30 bits per heavy atom. The van der Waals surface area contributed by atoms with Crippen molar-refractivity contribution in [1.29, 1.82) is 0 Å². The van der Waals surface area contributed by atoms with E-state index in [0.717, 1.165) is 0 Å². The summed E-state index contributed by atoms with van der Waals surface area (Å²) in [5.41, 5.74) is 0. The number of aromatic nitrogens is 2. The van der Waals surface area contributed by atoms with E-state index in [-0.39, 0.29) is 17.2 Å². The smallest absolute Gasteiger partial charge is 0.244 e. The van der Waals surface area contributed by atoms with Gasteiger partial charge in [0, 0.05) is 25.3 Å². The summed E-state index contributed by atoms with van der Waals surface area (Å²) in [4.78, 5) is 10.1. The summed E-state index contributed by atoms with van der Waals surface area (Å²) in [5, 5.41) is 0.303. The molecule has 0 bridgehead atoms. The van der Waals surface area contributed by atoms with Crippen LogP contribution in [-0.4, -0.2) is 39.6 Å². The minimum Gasteiger partial charge on any atom is -0.495 e. The van der Waals surface area contributed by atoms with Crippen LogP contribution in [0.4, 0.5) is 5.82 Å². The molecule has 0 unspecified atom stereocenters. The Labute approximate surface area is 140 Å². The Bertz CT molecular complexity index is 796. The van der Waals surface area contributed by atoms with Gasteiger partial charge in [0.25, 0.3) is 0 Å². The van der Waals surface area contributed by atoms with Gasteiger partial charge in [0.1, 0.15) is 22.3 Å². The highest BCUT2D eigenvalue weighted by Gasteiger charge is 2.20. The molecule has 0 atom stereocenters. The molecule has 0 saturated carbocycles. The average molecular weight is 357 g/mol. The van der Waals surface area contributed by atoms with Crippen molar-refractivity contribution in [3.8, 4) is 5.75 Å². The molecule has 1 N–H and O–H groups in total. The zero-order valence-electron chi connectivity index (χ0n) is 12.9. The van der Waals surface area contributed by atoms with E-state index in [2.05, 4.69) is 14.7 Å². The summed E-state index contributed by atoms with van der Waals surface area (Å²) in [6.45, 7) is -0.0420. The Morgan fingerprint density at radius 2 is 2.04 bits per heavy atom. The molecule has 0 fully saturated rings. The molecule has 1 aromatic heterocycles. The number of nitrogens with zero attached hydrogens (tertiary/aromatic N) is 3. The highest BCUT2D eigenvalue weighted by molar-refractivity contribution is 7.89. The van der Waals surface area contributed by atoms with Crippen LogP contribution in [-0.2, 0) is 16.6 Å². The van der Waals surface area contributed by atoms with Gasteiger partial charge in [0.15, 0.2) is 0 Å². The Balaban J connectivity index is 2.22. The molecule has 0 aliphatic rings. The van der Waals surface area contributed by atoms with Gasteiger partial charge in [-0.25, -0.2) is 23.1 Å². The van der Waals surface area contributed by atoms with Crippen LogP contribution in [0.1, 0.15) is 5.82 Å². The number of rotatable bonds is 6. The van der Waals surface area contributed by atoms with Crippen LogP contribution in [0.2, 0.25) is 5.02 Å². The van der Waals surface area contributed by atoms with Crippen molar-refractivity contribution in [2.24, 2.45) is 0 Å². The molecule has 0 spiro atoms. The minimum absolute atomic E-state index is 0.0312. The second-order valence-electron chi connectivity index (χ2n) is 4.85. The Kier molecular flexibility index (Phi) is 5.40. The van der Waals surface area contributed by atoms with Crippen LogP contribution in [0.3, 0.4) is 0 Å². The molecule has 1 heterocycles. The van der Waals surface area contributed by atoms with Gasteiger partial charge in [0.2, 0.25) is 10.0 Å². The summed E-state index contributed by atoms with van der Waals surface area (Å²) in [6, 6.07) is 6.13. The molecule has 23 heavy (non-hydrogen) atoms. The third kappa shape index (κ3) is 4.31. The molecule has 7 nitrogen and oxygen atoms in total. The quantitative estimate of drug-likeness (QED) is 0.847. The fraction of sp³-hybridized carbons (Fsp3) is 0.286. The normalized spacial score (nSPS) is 11.3. The van der Waals surface area contributed by atoms with Crippen LogP contribution in [0, 0.1) is 0 Å². The molecule has 124 valence electrons. The first-order chi connectivity index (χ1) is 10.8. The lowest BCUT2D eigenvalue weighted by Gasteiger charge is -2.13. The molecular weight excluding hydrogens is 340 g/mol. The van der Waals surface area contributed by atoms with Gasteiger partial charge < -0.3 is 9.64 Å². The van der Waals surface area contributed by atoms with E-state index in [9.17, 15) is 8.42 Å². The molecule has 0 aliphatic carbocycles. The highest BCUT2D eigenvalue weighted by Crippen LogP contribution is 2.26. The first-order valence-electron chi connectivity index (χ1n) is 6.66. The summed E-state index contributed by atoms with van der Waals surface area (Å²) in [5.74, 6) is 1.26. The van der Waals surface area contributed by atoms with E-state index in [1.165, 1.54) is 19.2 Å². The molecule has 2 aromatic rings. The standard InChI is InChI=1S/C14H17ClN4O3S/c1-19(2)14-6-7-16-13(18-14)9-17-23(20,21)12-8-10(15)4-5-11(12)22-3/h4-8,17H,9H2,1-3H3. The Hall–Kier alpha value is -1.90. The van der Waals surface area contributed by atoms with E-state index >= 15 is 0 Å². The monoisotopic (exact) mass is 356 g/mol. The van der Waals surface area contributed by atoms with Gasteiger partial charge in [-0.1, -0.05) is 11.6 Å². The molecule has 9 heteroatoms. The number of sulfonamides is 1. The summed E-state index contributed by atoms with van der Waals surface area (Å²) >= 11 is 5.87. The van der Waals surface area contributed by atoms with Crippen LogP contribution >= 0.6 is 11.6 Å². The second-order valence-corrected chi connectivity index (χ2v) is 7.02. The van der Waals surface area contributed by atoms with Gasteiger partial charge in [-0.2, -0.15) is 0 Å². The fourth-order valence-corrected chi connectivity index (χ4v) is 3.23. The lowest BCUT2D eigenvalue weighted by atomic mass is 10.3. The van der Waals surface area contributed by atoms with Gasteiger partial charge >= 0.3 is 0 Å². The largest absolute Gasteiger partial charge is 0.495 e. The Morgan fingerprint density at radius 3 is 2.70 bits per heavy atom. The third-order valence-corrected chi connectivity index (χ3v) is 4.64. The molecule has 2 rings (SSSR count). The fourth-order valence-electron chi connectivity index (χ4n) is 1.82. The number of anilines is 1. The lowest BCUT2D eigenvalue weighted by Crippen LogP contribution is -2.25. The first-order valence-corrected chi connectivity index (χ1v) is 8.52. The summed E-state index contributed by atoms with van der Waals surface area (Å²) in [7, 11) is 1.27. The molecule has 0 amide bonds. The second kappa shape index (κ2) is 7.12. The number of ether oxygens (including phenoxy) is 1. The first kappa shape index (κ1) is 17.5. The molecule has 0 aliphatic heterocycles. The molecule has 1 aromatic carbocycles. The van der Waals surface area contributed by atoms with Crippen molar-refractivity contribution < 1.29 is 13.2 Å². The minimum atomic E-state index is -3.81. The maximum absolute atomic E-state index is 12.4. The van der Waals surface area contributed by atoms with Crippen molar-refractivity contribution in [2.75, 3.05) is 26.1 Å².